The molecule has 0 unspecified atom stereocenters. The Labute approximate surface area is 219 Å². The molecule has 4 fully saturated rings. The van der Waals surface area contributed by atoms with Gasteiger partial charge < -0.3 is 20.2 Å². The van der Waals surface area contributed by atoms with Gasteiger partial charge in [0.1, 0.15) is 5.82 Å². The maximum Gasteiger partial charge on any atom is 0.416 e. The molecule has 8 nitrogen and oxygen atoms in total. The molecule has 7 rings (SSSR count). The number of hydrogen-bond donors (Lipinski definition) is 2. The van der Waals surface area contributed by atoms with Crippen LogP contribution in [0.2, 0.25) is 0 Å². The Balaban J connectivity index is 1.39. The highest BCUT2D eigenvalue weighted by atomic mass is 19.4. The van der Waals surface area contributed by atoms with Gasteiger partial charge in [0.2, 0.25) is 5.95 Å². The van der Waals surface area contributed by atoms with Crippen LogP contribution in [0.25, 0.3) is 16.7 Å². The van der Waals surface area contributed by atoms with Crippen molar-refractivity contribution in [1.29, 1.82) is 0 Å². The van der Waals surface area contributed by atoms with E-state index in [0.717, 1.165) is 76.4 Å². The van der Waals surface area contributed by atoms with Crippen LogP contribution < -0.4 is 10.2 Å². The monoisotopic (exact) mass is 529 g/mol. The SMILES string of the molecule is CC(C)(O)C1CCN(c2nc(N[C@H]3CN4CCC3CC4)nc3c2cnn3-c2cccc(C(F)(F)F)c2)CC1. The first-order valence-electron chi connectivity index (χ1n) is 13.5. The first-order valence-corrected chi connectivity index (χ1v) is 13.5. The van der Waals surface area contributed by atoms with Crippen LogP contribution in [0.15, 0.2) is 30.5 Å². The third kappa shape index (κ3) is 4.82. The number of fused-ring (bicyclic) bond motifs is 4. The van der Waals surface area contributed by atoms with Crippen LogP contribution in [0.3, 0.4) is 0 Å². The van der Waals surface area contributed by atoms with Gasteiger partial charge in [-0.15, -0.1) is 0 Å². The standard InChI is InChI=1S/C27H34F3N7O/c1-26(2,38)18-8-12-36(13-9-18)23-21-15-31-37(20-5-3-4-19(14-20)27(28,29)30)24(21)34-25(33-23)32-22-16-35-10-6-17(22)7-11-35/h3-5,14-15,17-18,22,38H,6-13,16H2,1-2H3,(H,32,33,34)/t22-/m0/s1. The number of aromatic nitrogens is 4. The summed E-state index contributed by atoms with van der Waals surface area (Å²) in [5, 5.41) is 19.2. The molecule has 1 aromatic carbocycles. The van der Waals surface area contributed by atoms with E-state index < -0.39 is 17.3 Å². The van der Waals surface area contributed by atoms with Gasteiger partial charge in [-0.3, -0.25) is 0 Å². The molecule has 0 radical (unpaired) electrons. The molecule has 204 valence electrons. The number of alkyl halides is 3. The van der Waals surface area contributed by atoms with Crippen molar-refractivity contribution in [2.24, 2.45) is 11.8 Å². The van der Waals surface area contributed by atoms with Gasteiger partial charge >= 0.3 is 6.18 Å². The van der Waals surface area contributed by atoms with Crippen LogP contribution in [0, 0.1) is 11.8 Å². The van der Waals surface area contributed by atoms with Gasteiger partial charge in [-0.1, -0.05) is 6.07 Å². The van der Waals surface area contributed by atoms with E-state index >= 15 is 0 Å². The third-order valence-corrected chi connectivity index (χ3v) is 8.59. The maximum atomic E-state index is 13.5. The number of piperidine rings is 4. The van der Waals surface area contributed by atoms with Gasteiger partial charge in [0.25, 0.3) is 0 Å². The Kier molecular flexibility index (Phi) is 6.26. The fraction of sp³-hybridized carbons (Fsp3) is 0.593. The lowest BCUT2D eigenvalue weighted by atomic mass is 9.83. The number of anilines is 2. The number of benzene rings is 1. The predicted octanol–water partition coefficient (Wildman–Crippen LogP) is 4.33. The Bertz CT molecular complexity index is 1300. The number of nitrogens with one attached hydrogen (secondary N) is 1. The summed E-state index contributed by atoms with van der Waals surface area (Å²) in [5.74, 6) is 1.95. The lowest BCUT2D eigenvalue weighted by molar-refractivity contribution is -0.137. The average molecular weight is 530 g/mol. The summed E-state index contributed by atoms with van der Waals surface area (Å²) in [6, 6.07) is 5.39. The zero-order chi connectivity index (χ0) is 26.7. The van der Waals surface area contributed by atoms with Crippen molar-refractivity contribution < 1.29 is 18.3 Å². The van der Waals surface area contributed by atoms with Crippen LogP contribution in [-0.2, 0) is 6.18 Å². The van der Waals surface area contributed by atoms with Crippen molar-refractivity contribution in [1.82, 2.24) is 24.6 Å². The lowest BCUT2D eigenvalue weighted by Crippen LogP contribution is -2.53. The van der Waals surface area contributed by atoms with Crippen molar-refractivity contribution in [2.45, 2.75) is 57.3 Å². The lowest BCUT2D eigenvalue weighted by Gasteiger charge is -2.45. The number of aliphatic hydroxyl groups is 1. The summed E-state index contributed by atoms with van der Waals surface area (Å²) in [5.41, 5.74) is -0.701. The summed E-state index contributed by atoms with van der Waals surface area (Å²) in [7, 11) is 0. The second kappa shape index (κ2) is 9.37. The summed E-state index contributed by atoms with van der Waals surface area (Å²) in [4.78, 5) is 14.4. The van der Waals surface area contributed by atoms with Crippen LogP contribution >= 0.6 is 0 Å². The molecule has 0 aliphatic carbocycles. The molecule has 0 amide bonds. The van der Waals surface area contributed by atoms with E-state index in [9.17, 15) is 18.3 Å². The van der Waals surface area contributed by atoms with Gasteiger partial charge in [0, 0.05) is 25.7 Å². The Morgan fingerprint density at radius 1 is 1.00 bits per heavy atom. The molecule has 38 heavy (non-hydrogen) atoms. The molecule has 3 aromatic rings. The normalized spacial score (nSPS) is 24.8. The molecule has 2 N–H and O–H groups in total. The number of hydrogen-bond acceptors (Lipinski definition) is 7. The highest BCUT2D eigenvalue weighted by Gasteiger charge is 2.36. The molecule has 6 heterocycles. The van der Waals surface area contributed by atoms with E-state index in [4.69, 9.17) is 9.97 Å². The van der Waals surface area contributed by atoms with Gasteiger partial charge in [-0.05, 0) is 82.7 Å². The maximum absolute atomic E-state index is 13.5. The van der Waals surface area contributed by atoms with E-state index in [1.807, 2.05) is 13.8 Å². The average Bonchev–Trinajstić information content (AvgIpc) is 3.32. The summed E-state index contributed by atoms with van der Waals surface area (Å²) in [6.45, 7) is 8.31. The predicted molar refractivity (Wildman–Crippen MR) is 139 cm³/mol. The van der Waals surface area contributed by atoms with Crippen molar-refractivity contribution in [3.05, 3.63) is 36.0 Å². The van der Waals surface area contributed by atoms with E-state index in [1.165, 1.54) is 10.7 Å². The zero-order valence-corrected chi connectivity index (χ0v) is 21.7. The molecule has 4 saturated heterocycles. The smallest absolute Gasteiger partial charge is 0.390 e. The topological polar surface area (TPSA) is 82.3 Å². The quantitative estimate of drug-likeness (QED) is 0.509. The van der Waals surface area contributed by atoms with Crippen molar-refractivity contribution in [3.63, 3.8) is 0 Å². The molecule has 4 aliphatic rings. The van der Waals surface area contributed by atoms with Crippen LogP contribution in [0.4, 0.5) is 24.9 Å². The van der Waals surface area contributed by atoms with Crippen molar-refractivity contribution >= 4 is 22.8 Å². The molecule has 2 aromatic heterocycles. The summed E-state index contributed by atoms with van der Waals surface area (Å²) >= 11 is 0. The molecule has 4 aliphatic heterocycles. The molecular weight excluding hydrogens is 495 g/mol. The van der Waals surface area contributed by atoms with E-state index in [0.29, 0.717) is 28.6 Å². The molecule has 0 saturated carbocycles. The number of nitrogens with zero attached hydrogens (tertiary/aromatic N) is 6. The second-order valence-corrected chi connectivity index (χ2v) is 11.5. The molecule has 2 bridgehead atoms. The Morgan fingerprint density at radius 2 is 1.74 bits per heavy atom. The van der Waals surface area contributed by atoms with Gasteiger partial charge in [-0.2, -0.15) is 28.2 Å². The highest BCUT2D eigenvalue weighted by molar-refractivity contribution is 5.89. The molecular formula is C27H34F3N7O. The minimum Gasteiger partial charge on any atom is -0.390 e. The Morgan fingerprint density at radius 3 is 2.37 bits per heavy atom. The second-order valence-electron chi connectivity index (χ2n) is 11.5. The fourth-order valence-electron chi connectivity index (χ4n) is 6.29. The highest BCUT2D eigenvalue weighted by Crippen LogP contribution is 2.36. The summed E-state index contributed by atoms with van der Waals surface area (Å²) in [6.07, 6.45) is 1.11. The van der Waals surface area contributed by atoms with E-state index in [-0.39, 0.29) is 12.0 Å². The van der Waals surface area contributed by atoms with Gasteiger partial charge in [0.05, 0.1) is 28.4 Å². The summed E-state index contributed by atoms with van der Waals surface area (Å²) < 4.78 is 41.8. The largest absolute Gasteiger partial charge is 0.416 e. The van der Waals surface area contributed by atoms with Crippen LogP contribution in [0.1, 0.15) is 45.1 Å². The van der Waals surface area contributed by atoms with Crippen molar-refractivity contribution in [3.8, 4) is 5.69 Å². The van der Waals surface area contributed by atoms with Crippen LogP contribution in [0.5, 0.6) is 0 Å². The van der Waals surface area contributed by atoms with Crippen LogP contribution in [-0.4, -0.2) is 74.1 Å². The minimum atomic E-state index is -4.45. The van der Waals surface area contributed by atoms with Gasteiger partial charge in [-0.25, -0.2) is 4.68 Å². The van der Waals surface area contributed by atoms with Gasteiger partial charge in [0.15, 0.2) is 5.65 Å². The third-order valence-electron chi connectivity index (χ3n) is 8.59. The first kappa shape index (κ1) is 25.4. The molecule has 1 atom stereocenters. The molecule has 11 heteroatoms. The Hall–Kier alpha value is -2.92. The minimum absolute atomic E-state index is 0.188. The molecule has 0 spiro atoms. The first-order chi connectivity index (χ1) is 18.1. The van der Waals surface area contributed by atoms with Crippen molar-refractivity contribution in [2.75, 3.05) is 42.9 Å². The number of halogens is 3. The number of rotatable bonds is 5. The van der Waals surface area contributed by atoms with E-state index in [1.54, 1.807) is 12.3 Å². The fourth-order valence-corrected chi connectivity index (χ4v) is 6.29. The zero-order valence-electron chi connectivity index (χ0n) is 21.7. The van der Waals surface area contributed by atoms with E-state index in [2.05, 4.69) is 20.2 Å².